The molecule has 0 radical (unpaired) electrons. The number of halogens is 1. The standard InChI is InChI=1S/C30H42ClN5O2/c1-3-13-38-19-22(2)35-24-9-7-23(8-10-24)16-25-17-26(27(31)18-33-25)28-5-4-6-29(36-28)34-21-30(20-32)11-14-37-15-12-30/h4-6,17-18,22-24,35H,3,7-16,19,21H2,1-2H3,(H,34,36). The lowest BCUT2D eigenvalue weighted by Crippen LogP contribution is -2.41. The molecule has 1 saturated heterocycles. The number of nitrogens with zero attached hydrogens (tertiary/aromatic N) is 3. The van der Waals surface area contributed by atoms with Gasteiger partial charge in [0.1, 0.15) is 5.82 Å². The zero-order valence-corrected chi connectivity index (χ0v) is 23.6. The summed E-state index contributed by atoms with van der Waals surface area (Å²) < 4.78 is 11.1. The molecule has 1 aliphatic heterocycles. The summed E-state index contributed by atoms with van der Waals surface area (Å²) in [6, 6.07) is 11.5. The first kappa shape index (κ1) is 28.8. The van der Waals surface area contributed by atoms with Gasteiger partial charge in [0.05, 0.1) is 28.8 Å². The number of pyridine rings is 2. The molecule has 2 aliphatic rings. The first-order chi connectivity index (χ1) is 18.5. The maximum atomic E-state index is 9.75. The van der Waals surface area contributed by atoms with Crippen molar-refractivity contribution in [3.05, 3.63) is 41.2 Å². The number of hydrogen-bond acceptors (Lipinski definition) is 7. The molecule has 3 heterocycles. The van der Waals surface area contributed by atoms with Crippen LogP contribution in [0.25, 0.3) is 11.3 Å². The molecule has 0 spiro atoms. The van der Waals surface area contributed by atoms with E-state index in [0.717, 1.165) is 61.7 Å². The normalized spacial score (nSPS) is 21.9. The van der Waals surface area contributed by atoms with Gasteiger partial charge in [-0.15, -0.1) is 0 Å². The van der Waals surface area contributed by atoms with Crippen LogP contribution in [-0.4, -0.2) is 55.0 Å². The predicted octanol–water partition coefficient (Wildman–Crippen LogP) is 6.04. The van der Waals surface area contributed by atoms with Gasteiger partial charge in [-0.05, 0) is 82.4 Å². The third-order valence-electron chi connectivity index (χ3n) is 7.81. The Bertz CT molecular complexity index is 1060. The van der Waals surface area contributed by atoms with E-state index < -0.39 is 5.41 Å². The molecule has 1 unspecified atom stereocenters. The summed E-state index contributed by atoms with van der Waals surface area (Å²) in [7, 11) is 0. The summed E-state index contributed by atoms with van der Waals surface area (Å²) in [4.78, 5) is 9.48. The van der Waals surface area contributed by atoms with Crippen LogP contribution >= 0.6 is 11.6 Å². The molecular weight excluding hydrogens is 498 g/mol. The molecule has 8 heteroatoms. The van der Waals surface area contributed by atoms with Crippen molar-refractivity contribution in [3.8, 4) is 17.3 Å². The summed E-state index contributed by atoms with van der Waals surface area (Å²) in [5.74, 6) is 1.38. The van der Waals surface area contributed by atoms with Gasteiger partial charge in [0.15, 0.2) is 0 Å². The van der Waals surface area contributed by atoms with Crippen LogP contribution in [0.5, 0.6) is 0 Å². The largest absolute Gasteiger partial charge is 0.381 e. The fraction of sp³-hybridized carbons (Fsp3) is 0.633. The van der Waals surface area contributed by atoms with Crippen molar-refractivity contribution in [2.45, 2.75) is 77.3 Å². The average molecular weight is 540 g/mol. The van der Waals surface area contributed by atoms with Gasteiger partial charge in [0, 0.05) is 55.9 Å². The summed E-state index contributed by atoms with van der Waals surface area (Å²) in [5.41, 5.74) is 2.37. The molecule has 1 atom stereocenters. The van der Waals surface area contributed by atoms with E-state index in [-0.39, 0.29) is 0 Å². The number of ether oxygens (including phenoxy) is 2. The lowest BCUT2D eigenvalue weighted by Gasteiger charge is -2.31. The minimum absolute atomic E-state index is 0.392. The molecule has 7 nitrogen and oxygen atoms in total. The van der Waals surface area contributed by atoms with Crippen molar-refractivity contribution < 1.29 is 9.47 Å². The van der Waals surface area contributed by atoms with E-state index >= 15 is 0 Å². The summed E-state index contributed by atoms with van der Waals surface area (Å²) in [6.07, 6.45) is 10.0. The molecule has 0 bridgehead atoms. The molecule has 1 saturated carbocycles. The predicted molar refractivity (Wildman–Crippen MR) is 152 cm³/mol. The SMILES string of the molecule is CCCOCC(C)NC1CCC(Cc2cc(-c3cccc(NCC4(C#N)CCOCC4)n3)c(Cl)cn2)CC1. The summed E-state index contributed by atoms with van der Waals surface area (Å²) in [6.45, 7) is 7.79. The third kappa shape index (κ3) is 8.13. The number of hydrogen-bond donors (Lipinski definition) is 2. The van der Waals surface area contributed by atoms with Crippen LogP contribution < -0.4 is 10.6 Å². The molecule has 0 amide bonds. The Morgan fingerprint density at radius 1 is 1.24 bits per heavy atom. The van der Waals surface area contributed by atoms with Crippen LogP contribution in [0.4, 0.5) is 5.82 Å². The van der Waals surface area contributed by atoms with E-state index in [2.05, 4.69) is 41.6 Å². The Balaban J connectivity index is 1.33. The molecule has 2 aromatic rings. The molecule has 2 N–H and O–H groups in total. The van der Waals surface area contributed by atoms with E-state index in [1.54, 1.807) is 6.20 Å². The van der Waals surface area contributed by atoms with Gasteiger partial charge in [0.2, 0.25) is 0 Å². The van der Waals surface area contributed by atoms with E-state index in [9.17, 15) is 5.26 Å². The Morgan fingerprint density at radius 2 is 2.03 bits per heavy atom. The quantitative estimate of drug-likeness (QED) is 0.318. The third-order valence-corrected chi connectivity index (χ3v) is 8.11. The van der Waals surface area contributed by atoms with Crippen LogP contribution in [-0.2, 0) is 15.9 Å². The smallest absolute Gasteiger partial charge is 0.126 e. The maximum Gasteiger partial charge on any atom is 0.126 e. The highest BCUT2D eigenvalue weighted by Gasteiger charge is 2.32. The second-order valence-electron chi connectivity index (χ2n) is 11.0. The zero-order valence-electron chi connectivity index (χ0n) is 22.8. The molecule has 206 valence electrons. The average Bonchev–Trinajstić information content (AvgIpc) is 2.95. The van der Waals surface area contributed by atoms with Crippen molar-refractivity contribution in [2.75, 3.05) is 38.3 Å². The monoisotopic (exact) mass is 539 g/mol. The highest BCUT2D eigenvalue weighted by atomic mass is 35.5. The lowest BCUT2D eigenvalue weighted by molar-refractivity contribution is 0.0455. The minimum Gasteiger partial charge on any atom is -0.381 e. The highest BCUT2D eigenvalue weighted by Crippen LogP contribution is 2.32. The van der Waals surface area contributed by atoms with Crippen molar-refractivity contribution in [1.29, 1.82) is 5.26 Å². The van der Waals surface area contributed by atoms with Crippen LogP contribution in [0.2, 0.25) is 5.02 Å². The Hall–Kier alpha value is -2.24. The Kier molecular flexibility index (Phi) is 10.8. The number of nitriles is 1. The van der Waals surface area contributed by atoms with Gasteiger partial charge < -0.3 is 20.1 Å². The molecule has 1 aliphatic carbocycles. The van der Waals surface area contributed by atoms with Crippen LogP contribution in [0.1, 0.15) is 64.5 Å². The van der Waals surface area contributed by atoms with Gasteiger partial charge >= 0.3 is 0 Å². The maximum absolute atomic E-state index is 9.75. The summed E-state index contributed by atoms with van der Waals surface area (Å²) >= 11 is 6.58. The van der Waals surface area contributed by atoms with E-state index in [0.29, 0.717) is 42.8 Å². The fourth-order valence-electron chi connectivity index (χ4n) is 5.51. The number of anilines is 1. The molecular formula is C30H42ClN5O2. The second-order valence-corrected chi connectivity index (χ2v) is 11.4. The van der Waals surface area contributed by atoms with Gasteiger partial charge in [-0.3, -0.25) is 4.98 Å². The molecule has 38 heavy (non-hydrogen) atoms. The molecule has 4 rings (SSSR count). The van der Waals surface area contributed by atoms with E-state index in [1.807, 2.05) is 18.2 Å². The fourth-order valence-corrected chi connectivity index (χ4v) is 5.71. The highest BCUT2D eigenvalue weighted by molar-refractivity contribution is 6.33. The summed E-state index contributed by atoms with van der Waals surface area (Å²) in [5, 5.41) is 17.5. The van der Waals surface area contributed by atoms with E-state index in [1.165, 1.54) is 25.7 Å². The van der Waals surface area contributed by atoms with Crippen LogP contribution in [0.3, 0.4) is 0 Å². The second kappa shape index (κ2) is 14.2. The topological polar surface area (TPSA) is 92.1 Å². The van der Waals surface area contributed by atoms with Gasteiger partial charge in [-0.1, -0.05) is 24.6 Å². The van der Waals surface area contributed by atoms with Gasteiger partial charge in [-0.25, -0.2) is 4.98 Å². The Labute approximate surface area is 232 Å². The van der Waals surface area contributed by atoms with Crippen LogP contribution in [0.15, 0.2) is 30.5 Å². The first-order valence-electron chi connectivity index (χ1n) is 14.2. The van der Waals surface area contributed by atoms with Crippen molar-refractivity contribution >= 4 is 17.4 Å². The number of nitrogens with one attached hydrogen (secondary N) is 2. The first-order valence-corrected chi connectivity index (χ1v) is 14.6. The van der Waals surface area contributed by atoms with Gasteiger partial charge in [0.25, 0.3) is 0 Å². The minimum atomic E-state index is -0.410. The Morgan fingerprint density at radius 3 is 2.76 bits per heavy atom. The lowest BCUT2D eigenvalue weighted by atomic mass is 9.82. The molecule has 2 fully saturated rings. The van der Waals surface area contributed by atoms with Crippen molar-refractivity contribution in [1.82, 2.24) is 15.3 Å². The number of aromatic nitrogens is 2. The molecule has 2 aromatic heterocycles. The van der Waals surface area contributed by atoms with Crippen molar-refractivity contribution in [2.24, 2.45) is 11.3 Å². The molecule has 0 aromatic carbocycles. The van der Waals surface area contributed by atoms with Crippen molar-refractivity contribution in [3.63, 3.8) is 0 Å². The zero-order chi connectivity index (χ0) is 26.8. The number of rotatable bonds is 12. The van der Waals surface area contributed by atoms with Gasteiger partial charge in [-0.2, -0.15) is 5.26 Å². The van der Waals surface area contributed by atoms with E-state index in [4.69, 9.17) is 26.1 Å². The van der Waals surface area contributed by atoms with Crippen LogP contribution in [0, 0.1) is 22.7 Å².